The Hall–Kier alpha value is -3.89. The lowest BCUT2D eigenvalue weighted by Crippen LogP contribution is -2.17. The van der Waals surface area contributed by atoms with Gasteiger partial charge in [0, 0.05) is 34.3 Å². The van der Waals surface area contributed by atoms with E-state index in [0.29, 0.717) is 4.96 Å². The van der Waals surface area contributed by atoms with Crippen LogP contribution >= 0.6 is 22.9 Å². The molecule has 4 aromatic rings. The van der Waals surface area contributed by atoms with E-state index < -0.39 is 22.4 Å². The first-order valence-corrected chi connectivity index (χ1v) is 10.7. The van der Waals surface area contributed by atoms with Gasteiger partial charge in [-0.25, -0.2) is 9.78 Å². The van der Waals surface area contributed by atoms with Gasteiger partial charge in [-0.15, -0.1) is 11.3 Å². The first-order chi connectivity index (χ1) is 15.8. The van der Waals surface area contributed by atoms with Crippen LogP contribution < -0.4 is 5.56 Å². The molecular formula is C22H14ClN3O6S. The van der Waals surface area contributed by atoms with Gasteiger partial charge in [0.05, 0.1) is 16.2 Å². The van der Waals surface area contributed by atoms with Crippen molar-refractivity contribution in [2.45, 2.75) is 13.5 Å². The average molecular weight is 484 g/mol. The summed E-state index contributed by atoms with van der Waals surface area (Å²) in [6.07, 6.45) is 0. The third kappa shape index (κ3) is 4.38. The highest BCUT2D eigenvalue weighted by molar-refractivity contribution is 7.15. The molecule has 0 aliphatic carbocycles. The quantitative estimate of drug-likeness (QED) is 0.174. The van der Waals surface area contributed by atoms with E-state index in [1.165, 1.54) is 46.1 Å². The molecule has 0 aliphatic rings. The number of esters is 1. The number of nitrogens with zero attached hydrogens (tertiary/aromatic N) is 3. The molecular weight excluding hydrogens is 470 g/mol. The highest BCUT2D eigenvalue weighted by atomic mass is 35.5. The van der Waals surface area contributed by atoms with Gasteiger partial charge in [0.1, 0.15) is 11.6 Å². The van der Waals surface area contributed by atoms with Crippen LogP contribution in [0.2, 0.25) is 5.02 Å². The molecule has 0 spiro atoms. The summed E-state index contributed by atoms with van der Waals surface area (Å²) < 4.78 is 6.76. The zero-order valence-corrected chi connectivity index (χ0v) is 18.6. The third-order valence-electron chi connectivity index (χ3n) is 4.78. The number of carbonyl (C=O) groups is 2. The molecule has 4 rings (SSSR count). The summed E-state index contributed by atoms with van der Waals surface area (Å²) in [6, 6.07) is 10.9. The number of nitro benzene ring substituents is 1. The van der Waals surface area contributed by atoms with Crippen molar-refractivity contribution in [1.82, 2.24) is 9.38 Å². The Balaban J connectivity index is 1.59. The normalized spacial score (nSPS) is 10.8. The van der Waals surface area contributed by atoms with Crippen LogP contribution in [0, 0.1) is 17.0 Å². The lowest BCUT2D eigenvalue weighted by molar-refractivity contribution is -0.384. The first kappa shape index (κ1) is 22.3. The van der Waals surface area contributed by atoms with Crippen LogP contribution in [-0.2, 0) is 11.3 Å². The second-order valence-corrected chi connectivity index (χ2v) is 8.20. The average Bonchev–Trinajstić information content (AvgIpc) is 3.18. The number of thiazole rings is 1. The topological polar surface area (TPSA) is 121 Å². The van der Waals surface area contributed by atoms with Gasteiger partial charge in [0.2, 0.25) is 0 Å². The number of fused-ring (bicyclic) bond motifs is 1. The number of ether oxygens (including phenoxy) is 1. The van der Waals surface area contributed by atoms with E-state index in [4.69, 9.17) is 16.3 Å². The number of ketones is 1. The Morgan fingerprint density at radius 1 is 1.18 bits per heavy atom. The summed E-state index contributed by atoms with van der Waals surface area (Å²) in [5.74, 6) is -1.40. The summed E-state index contributed by atoms with van der Waals surface area (Å²) >= 11 is 7.11. The smallest absolute Gasteiger partial charge is 0.339 e. The van der Waals surface area contributed by atoms with Crippen LogP contribution in [-0.4, -0.2) is 26.1 Å². The van der Waals surface area contributed by atoms with Crippen LogP contribution in [0.4, 0.5) is 5.69 Å². The molecule has 0 fully saturated rings. The summed E-state index contributed by atoms with van der Waals surface area (Å²) in [5, 5.41) is 12.8. The maximum Gasteiger partial charge on any atom is 0.339 e. The Morgan fingerprint density at radius 3 is 2.64 bits per heavy atom. The van der Waals surface area contributed by atoms with Crippen LogP contribution in [0.1, 0.15) is 37.7 Å². The highest BCUT2D eigenvalue weighted by Gasteiger charge is 2.22. The zero-order chi connectivity index (χ0) is 23.7. The van der Waals surface area contributed by atoms with Gasteiger partial charge in [-0.1, -0.05) is 29.8 Å². The fourth-order valence-electron chi connectivity index (χ4n) is 3.20. The van der Waals surface area contributed by atoms with Gasteiger partial charge in [0.25, 0.3) is 11.2 Å². The monoisotopic (exact) mass is 483 g/mol. The fourth-order valence-corrected chi connectivity index (χ4v) is 4.28. The maximum atomic E-state index is 13.0. The molecule has 0 radical (unpaired) electrons. The number of halogens is 1. The predicted molar refractivity (Wildman–Crippen MR) is 121 cm³/mol. The minimum absolute atomic E-state index is 0.000412. The standard InChI is InChI=1S/C22H14ClN3O6S/c1-12-11-33-22-24-14(9-19(27)25(12)22)10-32-21(29)16-5-3-2-4-15(16)20(28)13-6-7-17(23)18(8-13)26(30)31/h2-9,11H,10H2,1H3. The Morgan fingerprint density at radius 2 is 1.91 bits per heavy atom. The maximum absolute atomic E-state index is 13.0. The van der Waals surface area contributed by atoms with Gasteiger partial charge in [0.15, 0.2) is 10.7 Å². The van der Waals surface area contributed by atoms with Crippen molar-refractivity contribution in [3.8, 4) is 0 Å². The molecule has 0 amide bonds. The fraction of sp³-hybridized carbons (Fsp3) is 0.0909. The minimum Gasteiger partial charge on any atom is -0.456 e. The van der Waals surface area contributed by atoms with E-state index in [1.807, 2.05) is 0 Å². The van der Waals surface area contributed by atoms with Gasteiger partial charge >= 0.3 is 5.97 Å². The first-order valence-electron chi connectivity index (χ1n) is 9.48. The van der Waals surface area contributed by atoms with Crippen LogP contribution in [0.15, 0.2) is 58.7 Å². The molecule has 0 aliphatic heterocycles. The van der Waals surface area contributed by atoms with Gasteiger partial charge in [-0.05, 0) is 25.1 Å². The number of hydrogen-bond donors (Lipinski definition) is 0. The lowest BCUT2D eigenvalue weighted by atomic mass is 9.98. The molecule has 2 aromatic heterocycles. The summed E-state index contributed by atoms with van der Waals surface area (Å²) in [7, 11) is 0. The molecule has 2 aromatic carbocycles. The van der Waals surface area contributed by atoms with E-state index in [1.54, 1.807) is 24.4 Å². The SMILES string of the molecule is Cc1csc2nc(COC(=O)c3ccccc3C(=O)c3ccc(Cl)c([N+](=O)[O-])c3)cc(=O)n12. The van der Waals surface area contributed by atoms with Crippen molar-refractivity contribution < 1.29 is 19.2 Å². The van der Waals surface area contributed by atoms with E-state index in [2.05, 4.69) is 4.98 Å². The Labute approximate surface area is 195 Å². The number of carbonyl (C=O) groups excluding carboxylic acids is 2. The third-order valence-corrected chi connectivity index (χ3v) is 6.04. The lowest BCUT2D eigenvalue weighted by Gasteiger charge is -2.09. The number of aryl methyl sites for hydroxylation is 1. The van der Waals surface area contributed by atoms with Crippen LogP contribution in [0.25, 0.3) is 4.96 Å². The molecule has 0 atom stereocenters. The van der Waals surface area contributed by atoms with Gasteiger partial charge in [-0.3, -0.25) is 24.1 Å². The minimum atomic E-state index is -0.799. The molecule has 11 heteroatoms. The van der Waals surface area contributed by atoms with Crippen molar-refractivity contribution in [3.63, 3.8) is 0 Å². The molecule has 33 heavy (non-hydrogen) atoms. The number of aromatic nitrogens is 2. The molecule has 0 saturated heterocycles. The predicted octanol–water partition coefficient (Wildman–Crippen LogP) is 4.21. The van der Waals surface area contributed by atoms with Gasteiger partial charge < -0.3 is 4.74 Å². The van der Waals surface area contributed by atoms with Crippen molar-refractivity contribution in [2.24, 2.45) is 0 Å². The second-order valence-electron chi connectivity index (χ2n) is 6.95. The number of nitro groups is 1. The van der Waals surface area contributed by atoms with E-state index in [0.717, 1.165) is 11.8 Å². The van der Waals surface area contributed by atoms with Crippen LogP contribution in [0.5, 0.6) is 0 Å². The van der Waals surface area contributed by atoms with E-state index in [-0.39, 0.29) is 39.6 Å². The van der Waals surface area contributed by atoms with Crippen molar-refractivity contribution in [1.29, 1.82) is 0 Å². The van der Waals surface area contributed by atoms with E-state index in [9.17, 15) is 24.5 Å². The Bertz CT molecular complexity index is 1490. The molecule has 0 saturated carbocycles. The summed E-state index contributed by atoms with van der Waals surface area (Å²) in [6.45, 7) is 1.52. The molecule has 0 unspecified atom stereocenters. The molecule has 9 nitrogen and oxygen atoms in total. The molecule has 166 valence electrons. The van der Waals surface area contributed by atoms with Crippen molar-refractivity contribution >= 4 is 45.3 Å². The second kappa shape index (κ2) is 8.93. The zero-order valence-electron chi connectivity index (χ0n) is 17.0. The number of benzene rings is 2. The van der Waals surface area contributed by atoms with E-state index >= 15 is 0 Å². The largest absolute Gasteiger partial charge is 0.456 e. The van der Waals surface area contributed by atoms with Crippen LogP contribution in [0.3, 0.4) is 0 Å². The summed E-state index contributed by atoms with van der Waals surface area (Å²) in [4.78, 5) is 53.3. The molecule has 2 heterocycles. The summed E-state index contributed by atoms with van der Waals surface area (Å²) in [5.41, 5.74) is 0.308. The molecule has 0 bridgehead atoms. The molecule has 0 N–H and O–H groups in total. The van der Waals surface area contributed by atoms with Crippen molar-refractivity contribution in [3.05, 3.63) is 107 Å². The number of rotatable bonds is 6. The highest BCUT2D eigenvalue weighted by Crippen LogP contribution is 2.27. The van der Waals surface area contributed by atoms with Crippen molar-refractivity contribution in [2.75, 3.05) is 0 Å². The number of hydrogen-bond acceptors (Lipinski definition) is 8. The Kier molecular flexibility index (Phi) is 6.03. The van der Waals surface area contributed by atoms with Gasteiger partial charge in [-0.2, -0.15) is 0 Å².